The van der Waals surface area contributed by atoms with Gasteiger partial charge in [0, 0.05) is 23.5 Å². The van der Waals surface area contributed by atoms with E-state index in [4.69, 9.17) is 0 Å². The number of imidazole rings is 1. The van der Waals surface area contributed by atoms with Crippen LogP contribution in [0.15, 0.2) is 35.1 Å². The number of hydrogen-bond donors (Lipinski definition) is 1. The Morgan fingerprint density at radius 3 is 2.90 bits per heavy atom. The number of amides is 1. The van der Waals surface area contributed by atoms with E-state index in [0.717, 1.165) is 11.1 Å². The molecule has 0 aliphatic carbocycles. The second-order valence-electron chi connectivity index (χ2n) is 4.41. The molecule has 2 aromatic heterocycles. The Balaban J connectivity index is 2.04. The van der Waals surface area contributed by atoms with Gasteiger partial charge in [-0.1, -0.05) is 6.07 Å². The fraction of sp³-hybridized carbons (Fsp3) is 0.333. The van der Waals surface area contributed by atoms with Crippen LogP contribution in [0.3, 0.4) is 0 Å². The van der Waals surface area contributed by atoms with Gasteiger partial charge in [-0.15, -0.1) is 11.3 Å². The molecule has 0 aliphatic heterocycles. The fourth-order valence-electron chi connectivity index (χ4n) is 1.80. The predicted octanol–water partition coefficient (Wildman–Crippen LogP) is 1.23. The van der Waals surface area contributed by atoms with Crippen molar-refractivity contribution in [2.75, 3.05) is 6.26 Å². The van der Waals surface area contributed by atoms with Crippen molar-refractivity contribution in [3.05, 3.63) is 34.8 Å². The molecule has 2 rings (SSSR count). The molecule has 0 bridgehead atoms. The maximum atomic E-state index is 11.9. The van der Waals surface area contributed by atoms with Crippen LogP contribution in [-0.2, 0) is 21.2 Å². The molecule has 108 valence electrons. The Hall–Kier alpha value is -1.67. The van der Waals surface area contributed by atoms with Gasteiger partial charge in [-0.3, -0.25) is 4.79 Å². The minimum atomic E-state index is -3.43. The molecule has 1 atom stereocenters. The Bertz CT molecular complexity index is 689. The summed E-state index contributed by atoms with van der Waals surface area (Å²) in [6.45, 7) is 1.81. The lowest BCUT2D eigenvalue weighted by Crippen LogP contribution is -2.30. The Morgan fingerprint density at radius 1 is 1.55 bits per heavy atom. The van der Waals surface area contributed by atoms with E-state index in [1.165, 1.54) is 17.0 Å². The molecule has 2 heterocycles. The Morgan fingerprint density at radius 2 is 2.30 bits per heavy atom. The van der Waals surface area contributed by atoms with Crippen LogP contribution in [0.5, 0.6) is 0 Å². The van der Waals surface area contributed by atoms with Gasteiger partial charge < -0.3 is 9.88 Å². The SMILES string of the molecule is C[C@@H](NC(=O)Cn1ccnc1S(C)(=O)=O)c1cccs1. The highest BCUT2D eigenvalue weighted by Gasteiger charge is 2.17. The van der Waals surface area contributed by atoms with Gasteiger partial charge in [0.15, 0.2) is 0 Å². The molecule has 0 spiro atoms. The van der Waals surface area contributed by atoms with Gasteiger partial charge in [0.1, 0.15) is 6.54 Å². The van der Waals surface area contributed by atoms with Crippen molar-refractivity contribution in [3.63, 3.8) is 0 Å². The lowest BCUT2D eigenvalue weighted by atomic mass is 10.3. The first-order chi connectivity index (χ1) is 9.38. The third-order valence-corrected chi connectivity index (χ3v) is 4.73. The standard InChI is InChI=1S/C12H15N3O3S2/c1-9(10-4-3-7-19-10)14-11(16)8-15-6-5-13-12(15)20(2,17)18/h3-7,9H,8H2,1-2H3,(H,14,16)/t9-/m1/s1. The molecule has 1 amide bonds. The summed E-state index contributed by atoms with van der Waals surface area (Å²) in [6.07, 6.45) is 3.91. The van der Waals surface area contributed by atoms with Crippen LogP contribution in [-0.4, -0.2) is 30.1 Å². The molecule has 1 N–H and O–H groups in total. The largest absolute Gasteiger partial charge is 0.347 e. The summed E-state index contributed by atoms with van der Waals surface area (Å²) >= 11 is 1.56. The molecular weight excluding hydrogens is 298 g/mol. The average molecular weight is 313 g/mol. The van der Waals surface area contributed by atoms with Gasteiger partial charge in [-0.25, -0.2) is 13.4 Å². The zero-order chi connectivity index (χ0) is 14.8. The molecule has 6 nitrogen and oxygen atoms in total. The van der Waals surface area contributed by atoms with Crippen molar-refractivity contribution >= 4 is 27.1 Å². The van der Waals surface area contributed by atoms with E-state index < -0.39 is 9.84 Å². The highest BCUT2D eigenvalue weighted by atomic mass is 32.2. The Labute approximate surface area is 121 Å². The number of nitrogens with one attached hydrogen (secondary N) is 1. The van der Waals surface area contributed by atoms with Crippen molar-refractivity contribution in [1.29, 1.82) is 0 Å². The lowest BCUT2D eigenvalue weighted by molar-refractivity contribution is -0.122. The van der Waals surface area contributed by atoms with E-state index in [-0.39, 0.29) is 23.7 Å². The first-order valence-electron chi connectivity index (χ1n) is 5.92. The summed E-state index contributed by atoms with van der Waals surface area (Å²) in [6, 6.07) is 3.75. The summed E-state index contributed by atoms with van der Waals surface area (Å²) < 4.78 is 24.3. The van der Waals surface area contributed by atoms with Crippen LogP contribution in [0.4, 0.5) is 0 Å². The van der Waals surface area contributed by atoms with Crippen LogP contribution in [0.25, 0.3) is 0 Å². The number of hydrogen-bond acceptors (Lipinski definition) is 5. The van der Waals surface area contributed by atoms with Gasteiger partial charge in [-0.05, 0) is 18.4 Å². The summed E-state index contributed by atoms with van der Waals surface area (Å²) in [4.78, 5) is 16.8. The topological polar surface area (TPSA) is 81.1 Å². The van der Waals surface area contributed by atoms with Crippen LogP contribution >= 0.6 is 11.3 Å². The lowest BCUT2D eigenvalue weighted by Gasteiger charge is -2.13. The maximum Gasteiger partial charge on any atom is 0.240 e. The van der Waals surface area contributed by atoms with Crippen LogP contribution in [0.1, 0.15) is 17.8 Å². The number of sulfone groups is 1. The normalized spacial score (nSPS) is 13.1. The van der Waals surface area contributed by atoms with Crippen molar-refractivity contribution in [3.8, 4) is 0 Å². The highest BCUT2D eigenvalue weighted by molar-refractivity contribution is 7.90. The first kappa shape index (κ1) is 14.7. The molecule has 0 saturated carbocycles. The average Bonchev–Trinajstić information content (AvgIpc) is 2.97. The van der Waals surface area contributed by atoms with E-state index in [2.05, 4.69) is 10.3 Å². The Kier molecular flexibility index (Phi) is 4.24. The summed E-state index contributed by atoms with van der Waals surface area (Å²) in [5, 5.41) is 4.67. The number of aromatic nitrogens is 2. The summed E-state index contributed by atoms with van der Waals surface area (Å²) in [7, 11) is -3.43. The fourth-order valence-corrected chi connectivity index (χ4v) is 3.33. The highest BCUT2D eigenvalue weighted by Crippen LogP contribution is 2.18. The molecule has 0 aromatic carbocycles. The monoisotopic (exact) mass is 313 g/mol. The zero-order valence-corrected chi connectivity index (χ0v) is 12.7. The third-order valence-electron chi connectivity index (χ3n) is 2.67. The molecule has 20 heavy (non-hydrogen) atoms. The molecular formula is C12H15N3O3S2. The summed E-state index contributed by atoms with van der Waals surface area (Å²) in [5.74, 6) is -0.256. The number of rotatable bonds is 5. The van der Waals surface area contributed by atoms with E-state index >= 15 is 0 Å². The second kappa shape index (κ2) is 5.76. The van der Waals surface area contributed by atoms with Gasteiger partial charge in [0.25, 0.3) is 0 Å². The first-order valence-corrected chi connectivity index (χ1v) is 8.69. The van der Waals surface area contributed by atoms with E-state index in [9.17, 15) is 13.2 Å². The van der Waals surface area contributed by atoms with E-state index in [1.807, 2.05) is 24.4 Å². The van der Waals surface area contributed by atoms with Gasteiger partial charge in [-0.2, -0.15) is 0 Å². The third kappa shape index (κ3) is 3.45. The number of nitrogens with zero attached hydrogens (tertiary/aromatic N) is 2. The van der Waals surface area contributed by atoms with Crippen LogP contribution in [0, 0.1) is 0 Å². The van der Waals surface area contributed by atoms with Crippen molar-refractivity contribution in [2.24, 2.45) is 0 Å². The quantitative estimate of drug-likeness (QED) is 0.900. The number of carbonyl (C=O) groups is 1. The second-order valence-corrected chi connectivity index (χ2v) is 7.30. The van der Waals surface area contributed by atoms with E-state index in [1.54, 1.807) is 11.3 Å². The van der Waals surface area contributed by atoms with Gasteiger partial charge in [0.05, 0.1) is 6.04 Å². The molecule has 2 aromatic rings. The van der Waals surface area contributed by atoms with Gasteiger partial charge in [0.2, 0.25) is 20.9 Å². The summed E-state index contributed by atoms with van der Waals surface area (Å²) in [5.41, 5.74) is 0. The van der Waals surface area contributed by atoms with Crippen LogP contribution in [0.2, 0.25) is 0 Å². The van der Waals surface area contributed by atoms with E-state index in [0.29, 0.717) is 0 Å². The van der Waals surface area contributed by atoms with Crippen LogP contribution < -0.4 is 5.32 Å². The van der Waals surface area contributed by atoms with Crippen molar-refractivity contribution in [2.45, 2.75) is 24.7 Å². The van der Waals surface area contributed by atoms with Crippen molar-refractivity contribution < 1.29 is 13.2 Å². The molecule has 8 heteroatoms. The molecule has 0 unspecified atom stereocenters. The molecule has 0 aliphatic rings. The molecule has 0 fully saturated rings. The molecule has 0 radical (unpaired) electrons. The minimum absolute atomic E-state index is 0.0713. The maximum absolute atomic E-state index is 11.9. The number of carbonyl (C=O) groups excluding carboxylic acids is 1. The minimum Gasteiger partial charge on any atom is -0.347 e. The molecule has 0 saturated heterocycles. The smallest absolute Gasteiger partial charge is 0.240 e. The predicted molar refractivity (Wildman–Crippen MR) is 76.2 cm³/mol. The van der Waals surface area contributed by atoms with Gasteiger partial charge >= 0.3 is 0 Å². The zero-order valence-electron chi connectivity index (χ0n) is 11.1. The van der Waals surface area contributed by atoms with Crippen molar-refractivity contribution in [1.82, 2.24) is 14.9 Å². The number of thiophene rings is 1.